The van der Waals surface area contributed by atoms with Gasteiger partial charge >= 0.3 is 0 Å². The Kier molecular flexibility index (Phi) is 6.68. The molecular formula is C26H18ClFO5S. The Morgan fingerprint density at radius 1 is 1.09 bits per heavy atom. The number of carbonyl (C=O) groups excluding carboxylic acids is 2. The van der Waals surface area contributed by atoms with Crippen molar-refractivity contribution >= 4 is 51.4 Å². The first-order valence-corrected chi connectivity index (χ1v) is 11.3. The number of fused-ring (bicyclic) bond motifs is 1. The zero-order chi connectivity index (χ0) is 24.4. The fraction of sp³-hybridized carbons (Fsp3) is 0.0769. The third kappa shape index (κ3) is 4.66. The number of hydrogen-bond acceptors (Lipinski definition) is 6. The Hall–Kier alpha value is -3.68. The first-order valence-electron chi connectivity index (χ1n) is 10.1. The van der Waals surface area contributed by atoms with E-state index < -0.39 is 5.82 Å². The molecule has 0 aliphatic carbocycles. The molecule has 0 aliphatic heterocycles. The Balaban J connectivity index is 1.80. The normalized spacial score (nSPS) is 11.2. The van der Waals surface area contributed by atoms with Crippen molar-refractivity contribution in [3.63, 3.8) is 0 Å². The van der Waals surface area contributed by atoms with Crippen LogP contribution in [0.15, 0.2) is 54.8 Å². The molecule has 5 nitrogen and oxygen atoms in total. The highest BCUT2D eigenvalue weighted by Gasteiger charge is 2.25. The van der Waals surface area contributed by atoms with Gasteiger partial charge in [-0.25, -0.2) is 4.39 Å². The second kappa shape index (κ2) is 9.67. The average molecular weight is 497 g/mol. The van der Waals surface area contributed by atoms with E-state index >= 15 is 0 Å². The Bertz CT molecular complexity index is 1430. The molecule has 8 heteroatoms. The minimum Gasteiger partial charge on any atom is -0.508 e. The summed E-state index contributed by atoms with van der Waals surface area (Å²) in [4.78, 5) is 24.2. The molecule has 3 aromatic carbocycles. The minimum atomic E-state index is -0.599. The van der Waals surface area contributed by atoms with Crippen molar-refractivity contribution in [1.29, 1.82) is 0 Å². The summed E-state index contributed by atoms with van der Waals surface area (Å²) in [6.07, 6.45) is 2.37. The lowest BCUT2D eigenvalue weighted by atomic mass is 9.98. The molecule has 1 N–H and O–H groups in total. The molecular weight excluding hydrogens is 479 g/mol. The lowest BCUT2D eigenvalue weighted by Gasteiger charge is -2.12. The van der Waals surface area contributed by atoms with Crippen molar-refractivity contribution in [2.24, 2.45) is 0 Å². The lowest BCUT2D eigenvalue weighted by molar-refractivity contribution is -0.123. The van der Waals surface area contributed by atoms with Crippen LogP contribution in [0, 0.1) is 19.7 Å². The Labute approximate surface area is 203 Å². The van der Waals surface area contributed by atoms with Crippen LogP contribution in [0.1, 0.15) is 31.9 Å². The lowest BCUT2D eigenvalue weighted by Crippen LogP contribution is -2.06. The number of benzene rings is 3. The van der Waals surface area contributed by atoms with Crippen LogP contribution in [0.25, 0.3) is 16.2 Å². The summed E-state index contributed by atoms with van der Waals surface area (Å²) in [5.74, 6) is -0.355. The summed E-state index contributed by atoms with van der Waals surface area (Å²) in [6, 6.07) is 12.3. The zero-order valence-electron chi connectivity index (χ0n) is 18.1. The van der Waals surface area contributed by atoms with Gasteiger partial charge in [0.2, 0.25) is 5.78 Å². The van der Waals surface area contributed by atoms with E-state index in [0.717, 1.165) is 17.4 Å². The van der Waals surface area contributed by atoms with Crippen molar-refractivity contribution in [1.82, 2.24) is 0 Å². The van der Waals surface area contributed by atoms with Gasteiger partial charge in [-0.1, -0.05) is 11.6 Å². The number of halogens is 2. The smallest absolute Gasteiger partial charge is 0.297 e. The van der Waals surface area contributed by atoms with Gasteiger partial charge in [0.1, 0.15) is 22.2 Å². The third-order valence-corrected chi connectivity index (χ3v) is 6.48. The fourth-order valence-corrected chi connectivity index (χ4v) is 5.10. The van der Waals surface area contributed by atoms with Gasteiger partial charge in [-0.3, -0.25) is 9.59 Å². The molecule has 0 unspecified atom stereocenters. The summed E-state index contributed by atoms with van der Waals surface area (Å²) in [5, 5.41) is 11.1. The highest BCUT2D eigenvalue weighted by atomic mass is 35.5. The van der Waals surface area contributed by atoms with E-state index in [1.165, 1.54) is 35.6 Å². The molecule has 1 heterocycles. The summed E-state index contributed by atoms with van der Waals surface area (Å²) in [6.45, 7) is 3.84. The topological polar surface area (TPSA) is 72.8 Å². The van der Waals surface area contributed by atoms with Crippen molar-refractivity contribution < 1.29 is 28.6 Å². The highest BCUT2D eigenvalue weighted by Crippen LogP contribution is 2.43. The number of aromatic hydroxyl groups is 1. The number of ether oxygens (including phenoxy) is 2. The second-order valence-corrected chi connectivity index (χ2v) is 8.99. The van der Waals surface area contributed by atoms with Crippen LogP contribution in [0.3, 0.4) is 0 Å². The molecule has 0 spiro atoms. The van der Waals surface area contributed by atoms with Gasteiger partial charge in [0.25, 0.3) is 6.47 Å². The van der Waals surface area contributed by atoms with Gasteiger partial charge in [-0.15, -0.1) is 11.3 Å². The molecule has 0 saturated carbocycles. The van der Waals surface area contributed by atoms with Crippen LogP contribution >= 0.6 is 22.9 Å². The van der Waals surface area contributed by atoms with Crippen LogP contribution in [-0.2, 0) is 9.53 Å². The molecule has 34 heavy (non-hydrogen) atoms. The molecule has 0 radical (unpaired) electrons. The van der Waals surface area contributed by atoms with E-state index in [0.29, 0.717) is 25.5 Å². The maximum atomic E-state index is 14.6. The van der Waals surface area contributed by atoms with Crippen LogP contribution in [0.4, 0.5) is 4.39 Å². The monoisotopic (exact) mass is 496 g/mol. The van der Waals surface area contributed by atoms with E-state index in [-0.39, 0.29) is 35.1 Å². The fourth-order valence-electron chi connectivity index (χ4n) is 3.66. The number of carbonyl (C=O) groups is 2. The van der Waals surface area contributed by atoms with Crippen LogP contribution in [0.5, 0.6) is 17.2 Å². The molecule has 1 aromatic heterocycles. The average Bonchev–Trinajstić information content (AvgIpc) is 3.12. The minimum absolute atomic E-state index is 0.0536. The first-order chi connectivity index (χ1) is 16.3. The highest BCUT2D eigenvalue weighted by molar-refractivity contribution is 7.21. The Morgan fingerprint density at radius 3 is 2.50 bits per heavy atom. The molecule has 0 aliphatic rings. The number of thiophene rings is 1. The number of phenols is 1. The van der Waals surface area contributed by atoms with E-state index in [4.69, 9.17) is 16.3 Å². The molecule has 0 fully saturated rings. The van der Waals surface area contributed by atoms with E-state index in [2.05, 4.69) is 4.74 Å². The van der Waals surface area contributed by atoms with Gasteiger partial charge in [0.15, 0.2) is 5.75 Å². The molecule has 4 rings (SSSR count). The number of hydrogen-bond donors (Lipinski definition) is 1. The van der Waals surface area contributed by atoms with Gasteiger partial charge in [-0.2, -0.15) is 0 Å². The number of aryl methyl sites for hydroxylation is 2. The van der Waals surface area contributed by atoms with Crippen molar-refractivity contribution in [2.45, 2.75) is 13.8 Å². The largest absolute Gasteiger partial charge is 0.508 e. The quantitative estimate of drug-likeness (QED) is 0.166. The van der Waals surface area contributed by atoms with Crippen LogP contribution < -0.4 is 4.74 Å². The van der Waals surface area contributed by atoms with Crippen LogP contribution in [0.2, 0.25) is 5.02 Å². The maximum Gasteiger partial charge on any atom is 0.297 e. The van der Waals surface area contributed by atoms with E-state index in [1.54, 1.807) is 30.3 Å². The summed E-state index contributed by atoms with van der Waals surface area (Å²) in [5.41, 5.74) is 2.15. The molecule has 0 saturated heterocycles. The van der Waals surface area contributed by atoms with Gasteiger partial charge < -0.3 is 14.6 Å². The summed E-state index contributed by atoms with van der Waals surface area (Å²) >= 11 is 7.31. The molecule has 172 valence electrons. The number of ketones is 1. The van der Waals surface area contributed by atoms with Crippen LogP contribution in [-0.4, -0.2) is 17.4 Å². The summed E-state index contributed by atoms with van der Waals surface area (Å²) < 4.78 is 25.7. The third-order valence-electron chi connectivity index (χ3n) is 5.13. The molecule has 0 bridgehead atoms. The number of rotatable bonds is 7. The van der Waals surface area contributed by atoms with Gasteiger partial charge in [0.05, 0.1) is 6.26 Å². The summed E-state index contributed by atoms with van der Waals surface area (Å²) in [7, 11) is 0. The van der Waals surface area contributed by atoms with Crippen molar-refractivity contribution in [2.75, 3.05) is 0 Å². The van der Waals surface area contributed by atoms with Gasteiger partial charge in [0, 0.05) is 32.3 Å². The SMILES string of the molecule is Cc1cc(Cl)cc(C)c1C(=O)c1sc2cc(O)ccc2c1Oc1ccc(/C=C/OC=O)c(F)c1. The van der Waals surface area contributed by atoms with Crippen molar-refractivity contribution in [3.8, 4) is 17.2 Å². The first kappa shape index (κ1) is 23.5. The molecule has 0 amide bonds. The number of phenolic OH excluding ortho intramolecular Hbond substituents is 1. The van der Waals surface area contributed by atoms with Gasteiger partial charge in [-0.05, 0) is 73.5 Å². The van der Waals surface area contributed by atoms with E-state index in [9.17, 15) is 19.1 Å². The maximum absolute atomic E-state index is 14.6. The standard InChI is InChI=1S/C26H18ClFO5S/c1-14-9-17(27)10-15(2)23(14)24(31)26-25(20-6-4-18(30)11-22(20)34-26)33-19-5-3-16(21(28)12-19)7-8-32-13-29/h3-13,30H,1-2H3/b8-7+. The van der Waals surface area contributed by atoms with Crippen molar-refractivity contribution in [3.05, 3.63) is 92.8 Å². The molecule has 0 atom stereocenters. The predicted molar refractivity (Wildman–Crippen MR) is 131 cm³/mol. The second-order valence-electron chi connectivity index (χ2n) is 7.50. The predicted octanol–water partition coefficient (Wildman–Crippen LogP) is 7.18. The molecule has 4 aromatic rings. The zero-order valence-corrected chi connectivity index (χ0v) is 19.7. The van der Waals surface area contributed by atoms with E-state index in [1.807, 2.05) is 13.8 Å². The Morgan fingerprint density at radius 2 is 1.82 bits per heavy atom.